The third kappa shape index (κ3) is 4.99. The van der Waals surface area contributed by atoms with Crippen LogP contribution in [0.4, 0.5) is 8.78 Å². The Morgan fingerprint density at radius 1 is 1.02 bits per heavy atom. The molecule has 2 heterocycles. The van der Waals surface area contributed by atoms with Crippen molar-refractivity contribution in [1.82, 2.24) is 9.97 Å². The normalized spacial score (nSPS) is 15.9. The van der Waals surface area contributed by atoms with Crippen molar-refractivity contribution in [2.75, 3.05) is 0 Å². The third-order valence-electron chi connectivity index (χ3n) is 8.90. The number of nitrogens with one attached hydrogen (secondary N) is 1. The van der Waals surface area contributed by atoms with Gasteiger partial charge in [-0.1, -0.05) is 70.5 Å². The van der Waals surface area contributed by atoms with Gasteiger partial charge in [0.1, 0.15) is 17.4 Å². The summed E-state index contributed by atoms with van der Waals surface area (Å²) in [6.45, 7) is 10.8. The number of hydrogen-bond acceptors (Lipinski definition) is 2. The lowest BCUT2D eigenvalue weighted by Crippen LogP contribution is -2.26. The standard InChI is InChI=1S/C35H35ClF2N2O/c1-34(2,3)22-10-14-30-24(16-22)25(18-41-30)20-9-12-28(37)21(15-20)17-35(4,5)26-8-6-7-23(32(26)38)31-27(36)11-13-29-33(31)40-19-39-29/h6-9,11-13,15,18-19,22H,10,14,16-17H2,1-5H3,(H,39,40). The molecule has 0 fully saturated rings. The van der Waals surface area contributed by atoms with Gasteiger partial charge in [-0.15, -0.1) is 0 Å². The smallest absolute Gasteiger partial charge is 0.134 e. The third-order valence-corrected chi connectivity index (χ3v) is 9.22. The molecule has 1 aliphatic carbocycles. The Balaban J connectivity index is 1.35. The number of furan rings is 1. The van der Waals surface area contributed by atoms with Crippen LogP contribution in [0.1, 0.15) is 63.5 Å². The van der Waals surface area contributed by atoms with Gasteiger partial charge in [0.05, 0.1) is 28.6 Å². The number of rotatable bonds is 5. The zero-order chi connectivity index (χ0) is 29.1. The van der Waals surface area contributed by atoms with Gasteiger partial charge >= 0.3 is 0 Å². The highest BCUT2D eigenvalue weighted by molar-refractivity contribution is 6.34. The van der Waals surface area contributed by atoms with Gasteiger partial charge in [-0.3, -0.25) is 0 Å². The van der Waals surface area contributed by atoms with Crippen molar-refractivity contribution in [1.29, 1.82) is 0 Å². The molecule has 41 heavy (non-hydrogen) atoms. The number of hydrogen-bond donors (Lipinski definition) is 1. The van der Waals surface area contributed by atoms with E-state index in [1.165, 1.54) is 11.6 Å². The van der Waals surface area contributed by atoms with Crippen molar-refractivity contribution < 1.29 is 13.2 Å². The Morgan fingerprint density at radius 2 is 1.83 bits per heavy atom. The first-order valence-electron chi connectivity index (χ1n) is 14.2. The summed E-state index contributed by atoms with van der Waals surface area (Å²) in [5, 5.41) is 0.425. The summed E-state index contributed by atoms with van der Waals surface area (Å²) in [7, 11) is 0. The molecule has 6 rings (SSSR count). The first-order valence-corrected chi connectivity index (χ1v) is 14.6. The fourth-order valence-corrected chi connectivity index (χ4v) is 6.68. The SMILES string of the molecule is CC(C)(Cc1cc(-c2coc3c2CC(C(C)(C)C)CC3)ccc1F)c1cccc(-c2c(Cl)ccc3[nH]cnc23)c1F. The molecule has 1 aliphatic rings. The minimum atomic E-state index is -0.710. The summed E-state index contributed by atoms with van der Waals surface area (Å²) in [6.07, 6.45) is 6.69. The lowest BCUT2D eigenvalue weighted by molar-refractivity contribution is 0.209. The topological polar surface area (TPSA) is 41.8 Å². The van der Waals surface area contributed by atoms with E-state index in [0.29, 0.717) is 45.1 Å². The van der Waals surface area contributed by atoms with E-state index in [9.17, 15) is 0 Å². The second-order valence-electron chi connectivity index (χ2n) is 13.1. The molecule has 0 amide bonds. The molecule has 5 aromatic rings. The zero-order valence-corrected chi connectivity index (χ0v) is 24.9. The summed E-state index contributed by atoms with van der Waals surface area (Å²) < 4.78 is 37.6. The second-order valence-corrected chi connectivity index (χ2v) is 13.5. The minimum Gasteiger partial charge on any atom is -0.468 e. The van der Waals surface area contributed by atoms with Crippen LogP contribution in [-0.2, 0) is 24.7 Å². The summed E-state index contributed by atoms with van der Waals surface area (Å²) in [6, 6.07) is 14.2. The quantitative estimate of drug-likeness (QED) is 0.228. The molecule has 1 atom stereocenters. The molecule has 0 aliphatic heterocycles. The molecule has 0 radical (unpaired) electrons. The average Bonchev–Trinajstić information content (AvgIpc) is 3.56. The molecular weight excluding hydrogens is 538 g/mol. The van der Waals surface area contributed by atoms with Crippen LogP contribution < -0.4 is 0 Å². The molecule has 6 heteroatoms. The van der Waals surface area contributed by atoms with Crippen LogP contribution in [0.3, 0.4) is 0 Å². The Morgan fingerprint density at radius 3 is 2.61 bits per heavy atom. The summed E-state index contributed by atoms with van der Waals surface area (Å²) in [5.41, 5.74) is 6.05. The van der Waals surface area contributed by atoms with Crippen molar-refractivity contribution in [3.63, 3.8) is 0 Å². The summed E-state index contributed by atoms with van der Waals surface area (Å²) in [4.78, 5) is 7.45. The Kier molecular flexibility index (Phi) is 6.85. The van der Waals surface area contributed by atoms with Crippen molar-refractivity contribution >= 4 is 22.6 Å². The number of nitrogens with zero attached hydrogens (tertiary/aromatic N) is 1. The number of halogens is 3. The largest absolute Gasteiger partial charge is 0.468 e. The van der Waals surface area contributed by atoms with Crippen molar-refractivity contribution in [3.05, 3.63) is 100 Å². The Bertz CT molecular complexity index is 1760. The maximum absolute atomic E-state index is 16.3. The fourth-order valence-electron chi connectivity index (χ4n) is 6.43. The van der Waals surface area contributed by atoms with Crippen molar-refractivity contribution in [2.24, 2.45) is 11.3 Å². The van der Waals surface area contributed by atoms with E-state index in [-0.39, 0.29) is 17.0 Å². The van der Waals surface area contributed by atoms with Crippen LogP contribution in [0.25, 0.3) is 33.3 Å². The van der Waals surface area contributed by atoms with Gasteiger partial charge in [0, 0.05) is 28.7 Å². The van der Waals surface area contributed by atoms with Crippen LogP contribution in [0.2, 0.25) is 5.02 Å². The number of aromatic amines is 1. The van der Waals surface area contributed by atoms with Gasteiger partial charge in [-0.25, -0.2) is 13.8 Å². The number of H-pyrrole nitrogens is 1. The van der Waals surface area contributed by atoms with Crippen LogP contribution in [-0.4, -0.2) is 9.97 Å². The summed E-state index contributed by atoms with van der Waals surface area (Å²) >= 11 is 6.56. The highest BCUT2D eigenvalue weighted by atomic mass is 35.5. The van der Waals surface area contributed by atoms with Gasteiger partial charge < -0.3 is 9.40 Å². The highest BCUT2D eigenvalue weighted by Crippen LogP contribution is 2.43. The van der Waals surface area contributed by atoms with Crippen LogP contribution in [0, 0.1) is 23.0 Å². The highest BCUT2D eigenvalue weighted by Gasteiger charge is 2.33. The fraction of sp³-hybridized carbons (Fsp3) is 0.343. The van der Waals surface area contributed by atoms with E-state index in [4.69, 9.17) is 16.0 Å². The average molecular weight is 573 g/mol. The molecule has 0 saturated heterocycles. The molecular formula is C35H35ClF2N2O. The molecule has 212 valence electrons. The van der Waals surface area contributed by atoms with Crippen LogP contribution in [0.15, 0.2) is 65.5 Å². The molecule has 0 spiro atoms. The molecule has 1 N–H and O–H groups in total. The number of fused-ring (bicyclic) bond motifs is 2. The van der Waals surface area contributed by atoms with Crippen molar-refractivity contribution in [3.8, 4) is 22.3 Å². The first kappa shape index (κ1) is 27.7. The van der Waals surface area contributed by atoms with E-state index in [1.807, 2.05) is 44.4 Å². The molecule has 2 aromatic heterocycles. The number of aryl methyl sites for hydroxylation is 1. The maximum Gasteiger partial charge on any atom is 0.134 e. The number of aromatic nitrogens is 2. The monoisotopic (exact) mass is 572 g/mol. The first-order chi connectivity index (χ1) is 19.4. The number of benzene rings is 3. The Hall–Kier alpha value is -3.44. The van der Waals surface area contributed by atoms with E-state index in [1.54, 1.807) is 24.5 Å². The van der Waals surface area contributed by atoms with Crippen molar-refractivity contribution in [2.45, 2.75) is 65.7 Å². The van der Waals surface area contributed by atoms with Gasteiger partial charge in [0.15, 0.2) is 0 Å². The second kappa shape index (κ2) is 10.1. The van der Waals surface area contributed by atoms with Gasteiger partial charge in [-0.05, 0) is 77.0 Å². The zero-order valence-electron chi connectivity index (χ0n) is 24.2. The maximum atomic E-state index is 16.3. The molecule has 0 bridgehead atoms. The molecule has 3 aromatic carbocycles. The predicted octanol–water partition coefficient (Wildman–Crippen LogP) is 10.1. The lowest BCUT2D eigenvalue weighted by atomic mass is 9.71. The van der Waals surface area contributed by atoms with E-state index in [0.717, 1.165) is 41.7 Å². The van der Waals surface area contributed by atoms with Gasteiger partial charge in [0.2, 0.25) is 0 Å². The minimum absolute atomic E-state index is 0.204. The molecule has 3 nitrogen and oxygen atoms in total. The van der Waals surface area contributed by atoms with Gasteiger partial charge in [-0.2, -0.15) is 0 Å². The van der Waals surface area contributed by atoms with Crippen LogP contribution >= 0.6 is 11.6 Å². The Labute approximate surface area is 245 Å². The van der Waals surface area contributed by atoms with E-state index in [2.05, 4.69) is 30.7 Å². The molecule has 0 saturated carbocycles. The van der Waals surface area contributed by atoms with E-state index >= 15 is 8.78 Å². The van der Waals surface area contributed by atoms with Gasteiger partial charge in [0.25, 0.3) is 0 Å². The predicted molar refractivity (Wildman–Crippen MR) is 162 cm³/mol. The number of imidazole rings is 1. The van der Waals surface area contributed by atoms with Crippen LogP contribution in [0.5, 0.6) is 0 Å². The lowest BCUT2D eigenvalue weighted by Gasteiger charge is -2.33. The molecule has 1 unspecified atom stereocenters. The summed E-state index contributed by atoms with van der Waals surface area (Å²) in [5.74, 6) is 0.925. The van der Waals surface area contributed by atoms with E-state index < -0.39 is 5.41 Å².